The molecule has 0 spiro atoms. The lowest BCUT2D eigenvalue weighted by atomic mass is 10.0. The Kier molecular flexibility index (Phi) is 10.8. The maximum Gasteiger partial charge on any atom is 0.490 e. The highest BCUT2D eigenvalue weighted by Gasteiger charge is 2.38. The van der Waals surface area contributed by atoms with Gasteiger partial charge in [-0.05, 0) is 48.7 Å². The normalized spacial score (nSPS) is 19.6. The quantitative estimate of drug-likeness (QED) is 0.443. The van der Waals surface area contributed by atoms with Gasteiger partial charge in [0, 0.05) is 48.5 Å². The maximum atomic E-state index is 12.7. The number of likely N-dealkylation sites (tertiary alicyclic amines) is 1. The second-order valence-electron chi connectivity index (χ2n) is 9.50. The van der Waals surface area contributed by atoms with E-state index in [0.29, 0.717) is 36.8 Å². The molecule has 3 N–H and O–H groups in total. The van der Waals surface area contributed by atoms with Gasteiger partial charge in [0.2, 0.25) is 0 Å². The van der Waals surface area contributed by atoms with Gasteiger partial charge in [0.05, 0.1) is 25.7 Å². The summed E-state index contributed by atoms with van der Waals surface area (Å²) in [6, 6.07) is 14.9. The van der Waals surface area contributed by atoms with Crippen molar-refractivity contribution in [3.63, 3.8) is 0 Å². The first kappa shape index (κ1) is 31.2. The molecule has 0 aromatic heterocycles. The SMILES string of the molecule is COC(=O)Cc1ccccc1N1CC(NC2CCN(C(=O)c3ccc(Cl)cc3)CC2)[C@H](O)C1.O=C(O)C(F)(F)F. The van der Waals surface area contributed by atoms with Crippen LogP contribution in [-0.2, 0) is 20.7 Å². The molecule has 4 rings (SSSR count). The number of esters is 1. The van der Waals surface area contributed by atoms with Crippen LogP contribution in [0.5, 0.6) is 0 Å². The smallest absolute Gasteiger partial charge is 0.475 e. The second-order valence-corrected chi connectivity index (χ2v) is 9.94. The van der Waals surface area contributed by atoms with Crippen molar-refractivity contribution in [2.75, 3.05) is 38.2 Å². The average Bonchev–Trinajstić information content (AvgIpc) is 3.28. The summed E-state index contributed by atoms with van der Waals surface area (Å²) in [5.74, 6) is -3.01. The number of β-amino-alcohol motifs (C(OH)–C–C–N with tert-alkyl or cyclic N) is 1. The predicted molar refractivity (Wildman–Crippen MR) is 141 cm³/mol. The van der Waals surface area contributed by atoms with Crippen molar-refractivity contribution in [1.82, 2.24) is 10.2 Å². The topological polar surface area (TPSA) is 119 Å². The lowest BCUT2D eigenvalue weighted by molar-refractivity contribution is -0.192. The van der Waals surface area contributed by atoms with Gasteiger partial charge in [0.15, 0.2) is 0 Å². The predicted octanol–water partition coefficient (Wildman–Crippen LogP) is 3.13. The van der Waals surface area contributed by atoms with Gasteiger partial charge in [-0.1, -0.05) is 29.8 Å². The number of amides is 1. The molecule has 2 saturated heterocycles. The number of carboxylic acids is 1. The van der Waals surface area contributed by atoms with Crippen LogP contribution in [0.15, 0.2) is 48.5 Å². The molecule has 2 aromatic rings. The summed E-state index contributed by atoms with van der Waals surface area (Å²) in [6.45, 7) is 2.51. The number of piperidine rings is 1. The fraction of sp³-hybridized carbons (Fsp3) is 0.444. The number of hydrogen-bond acceptors (Lipinski definition) is 7. The van der Waals surface area contributed by atoms with Crippen LogP contribution in [0, 0.1) is 0 Å². The number of rotatable bonds is 6. The van der Waals surface area contributed by atoms with E-state index in [1.807, 2.05) is 29.2 Å². The van der Waals surface area contributed by atoms with Crippen LogP contribution in [-0.4, -0.2) is 90.6 Å². The number of benzene rings is 2. The van der Waals surface area contributed by atoms with Gasteiger partial charge in [-0.2, -0.15) is 13.2 Å². The Hall–Kier alpha value is -3.35. The molecule has 2 aliphatic heterocycles. The van der Waals surface area contributed by atoms with E-state index in [1.165, 1.54) is 7.11 Å². The fourth-order valence-electron chi connectivity index (χ4n) is 4.67. The number of para-hydroxylation sites is 1. The molecule has 1 amide bonds. The van der Waals surface area contributed by atoms with Gasteiger partial charge in [-0.3, -0.25) is 9.59 Å². The van der Waals surface area contributed by atoms with E-state index in [2.05, 4.69) is 10.2 Å². The summed E-state index contributed by atoms with van der Waals surface area (Å²) < 4.78 is 36.6. The molecule has 218 valence electrons. The number of nitrogens with zero attached hydrogens (tertiary/aromatic N) is 2. The van der Waals surface area contributed by atoms with E-state index in [1.54, 1.807) is 24.3 Å². The van der Waals surface area contributed by atoms with Crippen LogP contribution in [0.1, 0.15) is 28.8 Å². The number of halogens is 4. The Labute approximate surface area is 234 Å². The molecule has 2 aromatic carbocycles. The Morgan fingerprint density at radius 3 is 2.23 bits per heavy atom. The number of carboxylic acid groups (broad SMARTS) is 1. The van der Waals surface area contributed by atoms with Gasteiger partial charge in [-0.25, -0.2) is 4.79 Å². The van der Waals surface area contributed by atoms with Crippen molar-refractivity contribution >= 4 is 35.1 Å². The Bertz CT molecular complexity index is 1170. The molecule has 2 aliphatic rings. The monoisotopic (exact) mass is 585 g/mol. The number of ether oxygens (including phenoxy) is 1. The molecule has 0 bridgehead atoms. The first-order chi connectivity index (χ1) is 18.9. The zero-order valence-electron chi connectivity index (χ0n) is 21.7. The van der Waals surface area contributed by atoms with E-state index >= 15 is 0 Å². The van der Waals surface area contributed by atoms with Crippen molar-refractivity contribution in [2.45, 2.75) is 43.6 Å². The number of carbonyl (C=O) groups excluding carboxylic acids is 2. The Morgan fingerprint density at radius 1 is 1.05 bits per heavy atom. The summed E-state index contributed by atoms with van der Waals surface area (Å²) >= 11 is 5.92. The largest absolute Gasteiger partial charge is 0.490 e. The number of aliphatic hydroxyl groups excluding tert-OH is 1. The third kappa shape index (κ3) is 8.57. The number of nitrogens with one attached hydrogen (secondary N) is 1. The fourth-order valence-corrected chi connectivity index (χ4v) is 4.80. The molecular formula is C27H31ClF3N3O6. The molecule has 0 radical (unpaired) electrons. The molecule has 2 fully saturated rings. The molecule has 0 saturated carbocycles. The minimum Gasteiger partial charge on any atom is -0.475 e. The second kappa shape index (κ2) is 13.8. The van der Waals surface area contributed by atoms with Crippen LogP contribution < -0.4 is 10.2 Å². The van der Waals surface area contributed by atoms with Gasteiger partial charge < -0.3 is 30.1 Å². The van der Waals surface area contributed by atoms with Crippen molar-refractivity contribution < 1.29 is 42.5 Å². The highest BCUT2D eigenvalue weighted by atomic mass is 35.5. The Morgan fingerprint density at radius 2 is 1.65 bits per heavy atom. The number of hydrogen-bond donors (Lipinski definition) is 3. The maximum absolute atomic E-state index is 12.7. The highest BCUT2D eigenvalue weighted by molar-refractivity contribution is 6.30. The first-order valence-corrected chi connectivity index (χ1v) is 13.0. The lowest BCUT2D eigenvalue weighted by Crippen LogP contribution is -2.50. The summed E-state index contributed by atoms with van der Waals surface area (Å²) in [5.41, 5.74) is 2.50. The Balaban J connectivity index is 0.000000559. The van der Waals surface area contributed by atoms with Crippen LogP contribution in [0.2, 0.25) is 5.02 Å². The first-order valence-electron chi connectivity index (χ1n) is 12.6. The molecule has 13 heteroatoms. The lowest BCUT2D eigenvalue weighted by Gasteiger charge is -2.34. The molecule has 40 heavy (non-hydrogen) atoms. The van der Waals surface area contributed by atoms with Gasteiger partial charge in [0.1, 0.15) is 0 Å². The van der Waals surface area contributed by atoms with Gasteiger partial charge in [-0.15, -0.1) is 0 Å². The average molecular weight is 586 g/mol. The molecule has 9 nitrogen and oxygen atoms in total. The molecule has 2 atom stereocenters. The highest BCUT2D eigenvalue weighted by Crippen LogP contribution is 2.26. The van der Waals surface area contributed by atoms with Crippen LogP contribution in [0.4, 0.5) is 18.9 Å². The van der Waals surface area contributed by atoms with E-state index < -0.39 is 18.2 Å². The number of alkyl halides is 3. The standard InChI is InChI=1S/C25H30ClN3O4.C2HF3O2/c1-33-24(31)14-18-4-2-3-5-22(18)29-15-21(23(30)16-29)27-20-10-12-28(13-11-20)25(32)17-6-8-19(26)9-7-17;3-2(4,5)1(6)7/h2-9,20-21,23,27,30H,10-16H2,1H3;(H,6,7)/t21?,23-;/m1./s1. The third-order valence-electron chi connectivity index (χ3n) is 6.75. The minimum absolute atomic E-state index is 0.0272. The number of carbonyl (C=O) groups is 3. The summed E-state index contributed by atoms with van der Waals surface area (Å²) in [6.07, 6.45) is -3.72. The zero-order valence-corrected chi connectivity index (χ0v) is 22.5. The third-order valence-corrected chi connectivity index (χ3v) is 7.00. The molecule has 0 aliphatic carbocycles. The number of aliphatic hydroxyl groups is 1. The molecule has 2 heterocycles. The summed E-state index contributed by atoms with van der Waals surface area (Å²) in [5, 5.41) is 22.1. The van der Waals surface area contributed by atoms with Gasteiger partial charge in [0.25, 0.3) is 5.91 Å². The van der Waals surface area contributed by atoms with Gasteiger partial charge >= 0.3 is 18.1 Å². The number of aliphatic carboxylic acids is 1. The van der Waals surface area contributed by atoms with Crippen molar-refractivity contribution in [1.29, 1.82) is 0 Å². The van der Waals surface area contributed by atoms with Crippen LogP contribution in [0.25, 0.3) is 0 Å². The zero-order chi connectivity index (χ0) is 29.4. The van der Waals surface area contributed by atoms with Crippen molar-refractivity contribution in [2.24, 2.45) is 0 Å². The summed E-state index contributed by atoms with van der Waals surface area (Å²) in [4.78, 5) is 37.4. The van der Waals surface area contributed by atoms with E-state index in [9.17, 15) is 27.9 Å². The van der Waals surface area contributed by atoms with E-state index in [4.69, 9.17) is 26.2 Å². The molecule has 1 unspecified atom stereocenters. The molecular weight excluding hydrogens is 555 g/mol. The van der Waals surface area contributed by atoms with Crippen molar-refractivity contribution in [3.8, 4) is 0 Å². The van der Waals surface area contributed by atoms with Crippen LogP contribution >= 0.6 is 11.6 Å². The minimum atomic E-state index is -5.08. The van der Waals surface area contributed by atoms with E-state index in [0.717, 1.165) is 24.1 Å². The summed E-state index contributed by atoms with van der Waals surface area (Å²) in [7, 11) is 1.39. The number of anilines is 1. The van der Waals surface area contributed by atoms with E-state index in [-0.39, 0.29) is 30.4 Å². The van der Waals surface area contributed by atoms with Crippen LogP contribution in [0.3, 0.4) is 0 Å². The number of methoxy groups -OCH3 is 1. The van der Waals surface area contributed by atoms with Crippen molar-refractivity contribution in [3.05, 3.63) is 64.7 Å².